The summed E-state index contributed by atoms with van der Waals surface area (Å²) in [5, 5.41) is 7.40. The van der Waals surface area contributed by atoms with E-state index in [2.05, 4.69) is 20.4 Å². The van der Waals surface area contributed by atoms with Gasteiger partial charge < -0.3 is 10.2 Å². The molecule has 1 saturated heterocycles. The molecule has 30 heavy (non-hydrogen) atoms. The van der Waals surface area contributed by atoms with Crippen molar-refractivity contribution in [3.8, 4) is 0 Å². The number of hydrogen-bond donors (Lipinski definition) is 1. The van der Waals surface area contributed by atoms with Gasteiger partial charge in [-0.25, -0.2) is 9.50 Å². The van der Waals surface area contributed by atoms with E-state index in [1.165, 1.54) is 6.42 Å². The van der Waals surface area contributed by atoms with Crippen LogP contribution >= 0.6 is 0 Å². The van der Waals surface area contributed by atoms with Crippen LogP contribution < -0.4 is 5.32 Å². The fraction of sp³-hybridized carbons (Fsp3) is 0.409. The van der Waals surface area contributed by atoms with Gasteiger partial charge in [0.2, 0.25) is 0 Å². The Bertz CT molecular complexity index is 1060. The molecule has 0 spiro atoms. The van der Waals surface area contributed by atoms with Crippen LogP contribution in [-0.4, -0.2) is 55.4 Å². The molecule has 1 saturated carbocycles. The SMILES string of the molecule is O=C(NC1CCC1)c1cncc(CC2CCN(C(=O)c3cc4ncccn4n3)C2)c1. The summed E-state index contributed by atoms with van der Waals surface area (Å²) < 4.78 is 1.62. The number of fused-ring (bicyclic) bond motifs is 1. The number of likely N-dealkylation sites (tertiary alicyclic amines) is 1. The molecule has 8 heteroatoms. The topological polar surface area (TPSA) is 92.5 Å². The van der Waals surface area contributed by atoms with E-state index in [0.717, 1.165) is 31.2 Å². The lowest BCUT2D eigenvalue weighted by Gasteiger charge is -2.26. The van der Waals surface area contributed by atoms with Gasteiger partial charge in [-0.1, -0.05) is 0 Å². The standard InChI is InChI=1S/C22H24N6O2/c29-21(25-18-3-1-4-18)17-10-16(12-23-13-17)9-15-5-8-27(14-15)22(30)19-11-20-24-6-2-7-28(20)26-19/h2,6-7,10-13,15,18H,1,3-5,8-9,14H2,(H,25,29). The first-order chi connectivity index (χ1) is 14.7. The Kier molecular flexibility index (Phi) is 4.90. The summed E-state index contributed by atoms with van der Waals surface area (Å²) in [6.07, 6.45) is 12.0. The number of hydrogen-bond acceptors (Lipinski definition) is 5. The Morgan fingerprint density at radius 2 is 2.07 bits per heavy atom. The predicted molar refractivity (Wildman–Crippen MR) is 110 cm³/mol. The first-order valence-corrected chi connectivity index (χ1v) is 10.5. The van der Waals surface area contributed by atoms with Crippen LogP contribution in [0.25, 0.3) is 5.65 Å². The van der Waals surface area contributed by atoms with E-state index < -0.39 is 0 Å². The van der Waals surface area contributed by atoms with Gasteiger partial charge in [0.25, 0.3) is 11.8 Å². The van der Waals surface area contributed by atoms with E-state index in [9.17, 15) is 9.59 Å². The van der Waals surface area contributed by atoms with Gasteiger partial charge in [0.05, 0.1) is 5.56 Å². The number of pyridine rings is 1. The molecule has 8 nitrogen and oxygen atoms in total. The molecular formula is C22H24N6O2. The number of nitrogens with zero attached hydrogens (tertiary/aromatic N) is 5. The fourth-order valence-electron chi connectivity index (χ4n) is 4.16. The summed E-state index contributed by atoms with van der Waals surface area (Å²) in [5.74, 6) is 0.239. The van der Waals surface area contributed by atoms with Crippen LogP contribution in [0.3, 0.4) is 0 Å². The molecule has 1 N–H and O–H groups in total. The van der Waals surface area contributed by atoms with Crippen LogP contribution in [0.15, 0.2) is 43.0 Å². The third kappa shape index (κ3) is 3.77. The maximum atomic E-state index is 12.9. The molecule has 4 heterocycles. The summed E-state index contributed by atoms with van der Waals surface area (Å²) in [6.45, 7) is 1.39. The van der Waals surface area contributed by atoms with E-state index in [-0.39, 0.29) is 11.8 Å². The first kappa shape index (κ1) is 18.7. The molecule has 5 rings (SSSR count). The summed E-state index contributed by atoms with van der Waals surface area (Å²) in [7, 11) is 0. The Morgan fingerprint density at radius 1 is 1.17 bits per heavy atom. The summed E-state index contributed by atoms with van der Waals surface area (Å²) in [5.41, 5.74) is 2.74. The number of nitrogens with one attached hydrogen (secondary N) is 1. The van der Waals surface area contributed by atoms with Crippen LogP contribution in [0.5, 0.6) is 0 Å². The second kappa shape index (κ2) is 7.85. The zero-order valence-corrected chi connectivity index (χ0v) is 16.7. The van der Waals surface area contributed by atoms with Gasteiger partial charge in [-0.2, -0.15) is 5.10 Å². The Morgan fingerprint density at radius 3 is 2.87 bits per heavy atom. The van der Waals surface area contributed by atoms with E-state index >= 15 is 0 Å². The van der Waals surface area contributed by atoms with Crippen LogP contribution in [0.1, 0.15) is 52.1 Å². The summed E-state index contributed by atoms with van der Waals surface area (Å²) in [4.78, 5) is 35.6. The highest BCUT2D eigenvalue weighted by Gasteiger charge is 2.29. The number of carbonyl (C=O) groups is 2. The van der Waals surface area contributed by atoms with Gasteiger partial charge in [-0.3, -0.25) is 14.6 Å². The van der Waals surface area contributed by atoms with E-state index in [1.54, 1.807) is 35.2 Å². The maximum Gasteiger partial charge on any atom is 0.274 e. The first-order valence-electron chi connectivity index (χ1n) is 10.5. The molecule has 3 aromatic rings. The van der Waals surface area contributed by atoms with Crippen molar-refractivity contribution >= 4 is 17.5 Å². The lowest BCUT2D eigenvalue weighted by molar-refractivity contribution is 0.0780. The van der Waals surface area contributed by atoms with Gasteiger partial charge in [-0.15, -0.1) is 0 Å². The Hall–Kier alpha value is -3.29. The molecule has 0 aromatic carbocycles. The minimum Gasteiger partial charge on any atom is -0.349 e. The molecule has 3 aromatic heterocycles. The van der Waals surface area contributed by atoms with Gasteiger partial charge in [0, 0.05) is 50.0 Å². The molecular weight excluding hydrogens is 380 g/mol. The van der Waals surface area contributed by atoms with Crippen LogP contribution in [-0.2, 0) is 6.42 Å². The monoisotopic (exact) mass is 404 g/mol. The van der Waals surface area contributed by atoms with E-state index in [0.29, 0.717) is 42.0 Å². The molecule has 154 valence electrons. The number of carbonyl (C=O) groups excluding carboxylic acids is 2. The number of rotatable bonds is 5. The van der Waals surface area contributed by atoms with Gasteiger partial charge in [-0.05, 0) is 55.7 Å². The van der Waals surface area contributed by atoms with Crippen molar-refractivity contribution in [2.24, 2.45) is 5.92 Å². The van der Waals surface area contributed by atoms with E-state index in [4.69, 9.17) is 0 Å². The Labute approximate surface area is 174 Å². The number of amides is 2. The van der Waals surface area contributed by atoms with Crippen LogP contribution in [0.2, 0.25) is 0 Å². The summed E-state index contributed by atoms with van der Waals surface area (Å²) >= 11 is 0. The molecule has 2 fully saturated rings. The molecule has 0 radical (unpaired) electrons. The quantitative estimate of drug-likeness (QED) is 0.703. The predicted octanol–water partition coefficient (Wildman–Crippen LogP) is 2.11. The van der Waals surface area contributed by atoms with Gasteiger partial charge >= 0.3 is 0 Å². The van der Waals surface area contributed by atoms with E-state index in [1.807, 2.05) is 17.2 Å². The lowest BCUT2D eigenvalue weighted by Crippen LogP contribution is -2.39. The Balaban J connectivity index is 1.21. The minimum absolute atomic E-state index is 0.0438. The molecule has 1 unspecified atom stereocenters. The minimum atomic E-state index is -0.0604. The van der Waals surface area contributed by atoms with Crippen LogP contribution in [0.4, 0.5) is 0 Å². The fourth-order valence-corrected chi connectivity index (χ4v) is 4.16. The second-order valence-electron chi connectivity index (χ2n) is 8.25. The zero-order valence-electron chi connectivity index (χ0n) is 16.7. The van der Waals surface area contributed by atoms with Crippen LogP contribution in [0, 0.1) is 5.92 Å². The van der Waals surface area contributed by atoms with Crippen molar-refractivity contribution in [3.63, 3.8) is 0 Å². The van der Waals surface area contributed by atoms with Crippen molar-refractivity contribution in [3.05, 3.63) is 59.8 Å². The molecule has 2 aliphatic rings. The molecule has 1 aliphatic carbocycles. The molecule has 2 amide bonds. The molecule has 1 atom stereocenters. The van der Waals surface area contributed by atoms with Crippen molar-refractivity contribution < 1.29 is 9.59 Å². The molecule has 0 bridgehead atoms. The lowest BCUT2D eigenvalue weighted by atomic mass is 9.93. The maximum absolute atomic E-state index is 12.9. The van der Waals surface area contributed by atoms with Gasteiger partial charge in [0.15, 0.2) is 11.3 Å². The third-order valence-electron chi connectivity index (χ3n) is 6.05. The van der Waals surface area contributed by atoms with Gasteiger partial charge in [0.1, 0.15) is 0 Å². The third-order valence-corrected chi connectivity index (χ3v) is 6.05. The van der Waals surface area contributed by atoms with Crippen molar-refractivity contribution in [1.29, 1.82) is 0 Å². The highest BCUT2D eigenvalue weighted by Crippen LogP contribution is 2.23. The largest absolute Gasteiger partial charge is 0.349 e. The highest BCUT2D eigenvalue weighted by molar-refractivity contribution is 5.94. The highest BCUT2D eigenvalue weighted by atomic mass is 16.2. The summed E-state index contributed by atoms with van der Waals surface area (Å²) in [6, 6.07) is 5.75. The average molecular weight is 404 g/mol. The van der Waals surface area contributed by atoms with Crippen molar-refractivity contribution in [1.82, 2.24) is 29.8 Å². The zero-order chi connectivity index (χ0) is 20.5. The number of aromatic nitrogens is 4. The van der Waals surface area contributed by atoms with Crippen molar-refractivity contribution in [2.75, 3.05) is 13.1 Å². The molecule has 1 aliphatic heterocycles. The smallest absolute Gasteiger partial charge is 0.274 e. The normalized spacial score (nSPS) is 19.1. The second-order valence-corrected chi connectivity index (χ2v) is 8.25. The van der Waals surface area contributed by atoms with Crippen molar-refractivity contribution in [2.45, 2.75) is 38.1 Å². The average Bonchev–Trinajstić information content (AvgIpc) is 3.37.